The highest BCUT2D eigenvalue weighted by Crippen LogP contribution is 2.28. The summed E-state index contributed by atoms with van der Waals surface area (Å²) < 4.78 is 11.1. The van der Waals surface area contributed by atoms with Crippen LogP contribution in [0.25, 0.3) is 10.9 Å². The van der Waals surface area contributed by atoms with Crippen molar-refractivity contribution in [1.29, 1.82) is 0 Å². The van der Waals surface area contributed by atoms with Crippen molar-refractivity contribution in [3.63, 3.8) is 0 Å². The normalized spacial score (nSPS) is 10.5. The molecule has 0 fully saturated rings. The molecule has 0 unspecified atom stereocenters. The van der Waals surface area contributed by atoms with Gasteiger partial charge in [-0.15, -0.1) is 0 Å². The second kappa shape index (κ2) is 5.71. The molecule has 1 heterocycles. The lowest BCUT2D eigenvalue weighted by molar-refractivity contribution is 0.308. The zero-order chi connectivity index (χ0) is 14.7. The maximum absolute atomic E-state index is 5.96. The Balaban J connectivity index is 1.87. The monoisotopic (exact) mass is 280 g/mol. The summed E-state index contributed by atoms with van der Waals surface area (Å²) in [6, 6.07) is 15.3. The van der Waals surface area contributed by atoms with E-state index < -0.39 is 0 Å². The molecule has 0 saturated heterocycles. The number of ether oxygens (including phenoxy) is 2. The van der Waals surface area contributed by atoms with Crippen LogP contribution in [-0.2, 0) is 6.61 Å². The van der Waals surface area contributed by atoms with Gasteiger partial charge < -0.3 is 15.2 Å². The van der Waals surface area contributed by atoms with Crippen LogP contribution in [0.5, 0.6) is 11.5 Å². The zero-order valence-electron chi connectivity index (χ0n) is 11.7. The Morgan fingerprint density at radius 1 is 1.10 bits per heavy atom. The van der Waals surface area contributed by atoms with Crippen molar-refractivity contribution in [3.8, 4) is 11.5 Å². The van der Waals surface area contributed by atoms with Crippen molar-refractivity contribution in [2.24, 2.45) is 0 Å². The number of methoxy groups -OCH3 is 1. The Morgan fingerprint density at radius 2 is 2.00 bits per heavy atom. The number of nitrogens with two attached hydrogens (primary N) is 1. The lowest BCUT2D eigenvalue weighted by Crippen LogP contribution is -1.98. The van der Waals surface area contributed by atoms with E-state index in [1.807, 2.05) is 48.5 Å². The van der Waals surface area contributed by atoms with Crippen LogP contribution in [0.1, 0.15) is 5.56 Å². The molecule has 0 saturated carbocycles. The molecule has 0 aliphatic heterocycles. The molecule has 0 bridgehead atoms. The van der Waals surface area contributed by atoms with Crippen LogP contribution in [0.4, 0.5) is 5.69 Å². The van der Waals surface area contributed by atoms with Crippen molar-refractivity contribution in [3.05, 3.63) is 60.3 Å². The summed E-state index contributed by atoms with van der Waals surface area (Å²) in [7, 11) is 1.65. The third-order valence-electron chi connectivity index (χ3n) is 3.29. The molecule has 3 rings (SSSR count). The van der Waals surface area contributed by atoms with Crippen LogP contribution in [0, 0.1) is 0 Å². The third-order valence-corrected chi connectivity index (χ3v) is 3.29. The minimum atomic E-state index is 0.451. The van der Waals surface area contributed by atoms with E-state index in [0.29, 0.717) is 12.3 Å². The summed E-state index contributed by atoms with van der Waals surface area (Å²) in [5, 5.41) is 0.903. The molecule has 0 aliphatic rings. The van der Waals surface area contributed by atoms with Gasteiger partial charge in [0.15, 0.2) is 0 Å². The summed E-state index contributed by atoms with van der Waals surface area (Å²) in [5.74, 6) is 1.54. The number of pyridine rings is 1. The highest BCUT2D eigenvalue weighted by Gasteiger charge is 2.06. The Kier molecular flexibility index (Phi) is 3.60. The number of nitrogens with zero attached hydrogens (tertiary/aromatic N) is 1. The molecule has 106 valence electrons. The Hall–Kier alpha value is -2.75. The van der Waals surface area contributed by atoms with E-state index >= 15 is 0 Å². The molecule has 3 aromatic rings. The average molecular weight is 280 g/mol. The Morgan fingerprint density at radius 3 is 2.86 bits per heavy atom. The largest absolute Gasteiger partial charge is 0.497 e. The molecule has 1 aromatic heterocycles. The molecule has 0 spiro atoms. The van der Waals surface area contributed by atoms with Gasteiger partial charge >= 0.3 is 0 Å². The van der Waals surface area contributed by atoms with Gasteiger partial charge in [-0.1, -0.05) is 12.1 Å². The predicted octanol–water partition coefficient (Wildman–Crippen LogP) is 3.40. The minimum Gasteiger partial charge on any atom is -0.497 e. The zero-order valence-corrected chi connectivity index (χ0v) is 11.7. The van der Waals surface area contributed by atoms with E-state index in [9.17, 15) is 0 Å². The number of anilines is 1. The Bertz CT molecular complexity index is 772. The maximum atomic E-state index is 5.96. The molecule has 21 heavy (non-hydrogen) atoms. The number of benzene rings is 2. The van der Waals surface area contributed by atoms with Crippen molar-refractivity contribution < 1.29 is 9.47 Å². The fourth-order valence-electron chi connectivity index (χ4n) is 2.21. The lowest BCUT2D eigenvalue weighted by atomic mass is 10.1. The van der Waals surface area contributed by atoms with E-state index in [0.717, 1.165) is 28.0 Å². The van der Waals surface area contributed by atoms with Crippen molar-refractivity contribution >= 4 is 16.6 Å². The van der Waals surface area contributed by atoms with Gasteiger partial charge in [-0.2, -0.15) is 0 Å². The van der Waals surface area contributed by atoms with Gasteiger partial charge in [-0.05, 0) is 42.0 Å². The van der Waals surface area contributed by atoms with Gasteiger partial charge in [0, 0.05) is 17.3 Å². The quantitative estimate of drug-likeness (QED) is 0.744. The number of nitrogen functional groups attached to an aromatic ring is 1. The third kappa shape index (κ3) is 2.74. The van der Waals surface area contributed by atoms with Crippen LogP contribution in [-0.4, -0.2) is 12.1 Å². The van der Waals surface area contributed by atoms with Crippen molar-refractivity contribution in [2.45, 2.75) is 6.61 Å². The number of fused-ring (bicyclic) bond motifs is 1. The molecule has 0 radical (unpaired) electrons. The summed E-state index contributed by atoms with van der Waals surface area (Å²) in [4.78, 5) is 4.36. The topological polar surface area (TPSA) is 57.4 Å². The first-order chi connectivity index (χ1) is 10.3. The highest BCUT2D eigenvalue weighted by molar-refractivity contribution is 5.94. The van der Waals surface area contributed by atoms with Gasteiger partial charge in [-0.25, -0.2) is 0 Å². The van der Waals surface area contributed by atoms with E-state index in [1.54, 1.807) is 13.3 Å². The molecule has 0 aliphatic carbocycles. The van der Waals surface area contributed by atoms with Crippen LogP contribution in [0.3, 0.4) is 0 Å². The number of aromatic nitrogens is 1. The fraction of sp³-hybridized carbons (Fsp3) is 0.118. The second-order valence-electron chi connectivity index (χ2n) is 4.69. The average Bonchev–Trinajstić information content (AvgIpc) is 2.55. The molecule has 0 amide bonds. The number of rotatable bonds is 4. The molecular weight excluding hydrogens is 264 g/mol. The molecular formula is C17H16N2O2. The first-order valence-electron chi connectivity index (χ1n) is 6.67. The first kappa shape index (κ1) is 13.2. The summed E-state index contributed by atoms with van der Waals surface area (Å²) in [6.45, 7) is 0.451. The van der Waals surface area contributed by atoms with Crippen LogP contribution in [0.2, 0.25) is 0 Å². The summed E-state index contributed by atoms with van der Waals surface area (Å²) >= 11 is 0. The van der Waals surface area contributed by atoms with Crippen LogP contribution in [0.15, 0.2) is 54.7 Å². The van der Waals surface area contributed by atoms with Crippen LogP contribution >= 0.6 is 0 Å². The SMILES string of the molecule is COc1cccc(COc2ccc(N)c3cccnc23)c1. The maximum Gasteiger partial charge on any atom is 0.146 e. The first-order valence-corrected chi connectivity index (χ1v) is 6.67. The summed E-state index contributed by atoms with van der Waals surface area (Å²) in [5.41, 5.74) is 8.47. The number of hydrogen-bond acceptors (Lipinski definition) is 4. The van der Waals surface area contributed by atoms with Gasteiger partial charge in [0.1, 0.15) is 23.6 Å². The van der Waals surface area contributed by atoms with E-state index in [4.69, 9.17) is 15.2 Å². The minimum absolute atomic E-state index is 0.451. The molecule has 2 N–H and O–H groups in total. The van der Waals surface area contributed by atoms with Gasteiger partial charge in [0.05, 0.1) is 7.11 Å². The lowest BCUT2D eigenvalue weighted by Gasteiger charge is -2.10. The second-order valence-corrected chi connectivity index (χ2v) is 4.69. The fourth-order valence-corrected chi connectivity index (χ4v) is 2.21. The van der Waals surface area contributed by atoms with Gasteiger partial charge in [-0.3, -0.25) is 4.98 Å². The Labute approximate surface area is 123 Å². The van der Waals surface area contributed by atoms with Crippen LogP contribution < -0.4 is 15.2 Å². The van der Waals surface area contributed by atoms with Crippen molar-refractivity contribution in [2.75, 3.05) is 12.8 Å². The van der Waals surface area contributed by atoms with Crippen molar-refractivity contribution in [1.82, 2.24) is 4.98 Å². The standard InChI is InChI=1S/C17H16N2O2/c1-20-13-5-2-4-12(10-13)11-21-16-8-7-15(18)14-6-3-9-19-17(14)16/h2-10H,11,18H2,1H3. The van der Waals surface area contributed by atoms with Gasteiger partial charge in [0.25, 0.3) is 0 Å². The summed E-state index contributed by atoms with van der Waals surface area (Å²) in [6.07, 6.45) is 1.74. The van der Waals surface area contributed by atoms with E-state index in [-0.39, 0.29) is 0 Å². The molecule has 4 nitrogen and oxygen atoms in total. The van der Waals surface area contributed by atoms with Gasteiger partial charge in [0.2, 0.25) is 0 Å². The molecule has 2 aromatic carbocycles. The predicted molar refractivity (Wildman–Crippen MR) is 83.5 cm³/mol. The number of hydrogen-bond donors (Lipinski definition) is 1. The van der Waals surface area contributed by atoms with E-state index in [2.05, 4.69) is 4.98 Å². The molecule has 4 heteroatoms. The van der Waals surface area contributed by atoms with E-state index in [1.165, 1.54) is 0 Å². The highest BCUT2D eigenvalue weighted by atomic mass is 16.5. The molecule has 0 atom stereocenters. The smallest absolute Gasteiger partial charge is 0.146 e.